The molecule has 5 nitrogen and oxygen atoms in total. The van der Waals surface area contributed by atoms with Gasteiger partial charge in [0, 0.05) is 45.7 Å². The summed E-state index contributed by atoms with van der Waals surface area (Å²) in [6, 6.07) is 7.45. The zero-order chi connectivity index (χ0) is 16.0. The molecule has 2 rings (SSSR count). The lowest BCUT2D eigenvalue weighted by Crippen LogP contribution is -2.48. The highest BCUT2D eigenvalue weighted by atomic mass is 16.7. The molecule has 0 unspecified atom stereocenters. The Balaban J connectivity index is 1.97. The largest absolute Gasteiger partial charge is 0.488 e. The normalized spacial score (nSPS) is 18.4. The molecule has 0 saturated carbocycles. The van der Waals surface area contributed by atoms with Crippen molar-refractivity contribution in [2.45, 2.75) is 39.0 Å². The molecule has 1 saturated heterocycles. The predicted molar refractivity (Wildman–Crippen MR) is 86.8 cm³/mol. The molecule has 1 heterocycles. The number of ether oxygens (including phenoxy) is 2. The molecule has 6 heteroatoms. The van der Waals surface area contributed by atoms with Crippen LogP contribution >= 0.6 is 0 Å². The second-order valence-corrected chi connectivity index (χ2v) is 5.63. The summed E-state index contributed by atoms with van der Waals surface area (Å²) in [6.07, 6.45) is 1.66. The Morgan fingerprint density at radius 1 is 1.09 bits per heavy atom. The number of hydrogen-bond donors (Lipinski definition) is 2. The average Bonchev–Trinajstić information content (AvgIpc) is 2.51. The highest BCUT2D eigenvalue weighted by Gasteiger charge is 2.36. The first kappa shape index (κ1) is 17.4. The van der Waals surface area contributed by atoms with Gasteiger partial charge >= 0.3 is 7.12 Å². The quantitative estimate of drug-likeness (QED) is 0.574. The molecule has 0 spiro atoms. The van der Waals surface area contributed by atoms with Gasteiger partial charge in [-0.1, -0.05) is 24.3 Å². The van der Waals surface area contributed by atoms with Gasteiger partial charge in [0.15, 0.2) is 5.79 Å². The third-order valence-corrected chi connectivity index (χ3v) is 4.16. The van der Waals surface area contributed by atoms with Crippen LogP contribution in [0.3, 0.4) is 0 Å². The van der Waals surface area contributed by atoms with Crippen molar-refractivity contribution in [3.63, 3.8) is 0 Å². The van der Waals surface area contributed by atoms with E-state index in [4.69, 9.17) is 9.47 Å². The summed E-state index contributed by atoms with van der Waals surface area (Å²) < 4.78 is 11.7. The molecule has 122 valence electrons. The van der Waals surface area contributed by atoms with Crippen molar-refractivity contribution in [1.82, 2.24) is 4.90 Å². The molecule has 1 aliphatic rings. The molecular formula is C16H26BNO4. The van der Waals surface area contributed by atoms with Gasteiger partial charge in [-0.25, -0.2) is 0 Å². The molecule has 0 radical (unpaired) electrons. The van der Waals surface area contributed by atoms with Gasteiger partial charge in [-0.15, -0.1) is 0 Å². The lowest BCUT2D eigenvalue weighted by molar-refractivity contribution is -0.253. The van der Waals surface area contributed by atoms with Gasteiger partial charge in [-0.3, -0.25) is 4.90 Å². The van der Waals surface area contributed by atoms with Crippen molar-refractivity contribution in [2.24, 2.45) is 0 Å². The Kier molecular flexibility index (Phi) is 6.41. The molecule has 1 fully saturated rings. The van der Waals surface area contributed by atoms with Crippen molar-refractivity contribution in [3.8, 4) is 0 Å². The molecule has 1 aromatic carbocycles. The number of likely N-dealkylation sites (tertiary alicyclic amines) is 1. The second kappa shape index (κ2) is 8.08. The summed E-state index contributed by atoms with van der Waals surface area (Å²) in [7, 11) is -1.42. The van der Waals surface area contributed by atoms with Crippen LogP contribution in [0.1, 0.15) is 32.3 Å². The molecule has 2 N–H and O–H groups in total. The van der Waals surface area contributed by atoms with E-state index in [2.05, 4.69) is 4.90 Å². The topological polar surface area (TPSA) is 62.2 Å². The van der Waals surface area contributed by atoms with Crippen molar-refractivity contribution in [1.29, 1.82) is 0 Å². The summed E-state index contributed by atoms with van der Waals surface area (Å²) in [5.74, 6) is -0.448. The minimum atomic E-state index is -1.42. The van der Waals surface area contributed by atoms with E-state index in [1.165, 1.54) is 0 Å². The number of benzene rings is 1. The van der Waals surface area contributed by atoms with Crippen LogP contribution in [-0.4, -0.2) is 54.2 Å². The number of piperidine rings is 1. The highest BCUT2D eigenvalue weighted by molar-refractivity contribution is 6.59. The third kappa shape index (κ3) is 4.30. The zero-order valence-electron chi connectivity index (χ0n) is 13.5. The third-order valence-electron chi connectivity index (χ3n) is 4.16. The first-order valence-corrected chi connectivity index (χ1v) is 8.04. The molecule has 0 aromatic heterocycles. The van der Waals surface area contributed by atoms with E-state index < -0.39 is 12.9 Å². The van der Waals surface area contributed by atoms with Crippen LogP contribution in [0, 0.1) is 0 Å². The van der Waals surface area contributed by atoms with E-state index in [0.29, 0.717) is 25.2 Å². The fourth-order valence-corrected chi connectivity index (χ4v) is 3.08. The molecule has 0 aliphatic carbocycles. The maximum atomic E-state index is 9.45. The first-order chi connectivity index (χ1) is 10.6. The Morgan fingerprint density at radius 3 is 2.23 bits per heavy atom. The van der Waals surface area contributed by atoms with Crippen LogP contribution < -0.4 is 5.46 Å². The van der Waals surface area contributed by atoms with Crippen molar-refractivity contribution < 1.29 is 19.5 Å². The summed E-state index contributed by atoms with van der Waals surface area (Å²) in [5, 5.41) is 18.9. The van der Waals surface area contributed by atoms with E-state index in [-0.39, 0.29) is 0 Å². The maximum absolute atomic E-state index is 9.45. The molecule has 1 aromatic rings. The molecule has 22 heavy (non-hydrogen) atoms. The fraction of sp³-hybridized carbons (Fsp3) is 0.625. The molecule has 1 aliphatic heterocycles. The highest BCUT2D eigenvalue weighted by Crippen LogP contribution is 2.28. The first-order valence-electron chi connectivity index (χ1n) is 8.04. The number of nitrogens with zero attached hydrogens (tertiary/aromatic N) is 1. The van der Waals surface area contributed by atoms with Gasteiger partial charge in [-0.05, 0) is 24.9 Å². The average molecular weight is 307 g/mol. The smallest absolute Gasteiger partial charge is 0.423 e. The van der Waals surface area contributed by atoms with Gasteiger partial charge in [-0.2, -0.15) is 0 Å². The molecule has 0 bridgehead atoms. The summed E-state index contributed by atoms with van der Waals surface area (Å²) >= 11 is 0. The van der Waals surface area contributed by atoms with Crippen LogP contribution in [0.4, 0.5) is 0 Å². The van der Waals surface area contributed by atoms with Crippen LogP contribution in [0.5, 0.6) is 0 Å². The van der Waals surface area contributed by atoms with E-state index in [1.807, 2.05) is 32.0 Å². The standard InChI is InChI=1S/C16H26BNO4/c1-3-21-16(22-4-2)9-11-18(12-10-16)13-14-7-5-6-8-15(14)17(19)20/h5-8,19-20H,3-4,9-13H2,1-2H3. The summed E-state index contributed by atoms with van der Waals surface area (Å²) in [4.78, 5) is 2.30. The SMILES string of the molecule is CCOC1(OCC)CCN(Cc2ccccc2B(O)O)CC1. The summed E-state index contributed by atoms with van der Waals surface area (Å²) in [5.41, 5.74) is 1.53. The second-order valence-electron chi connectivity index (χ2n) is 5.63. The maximum Gasteiger partial charge on any atom is 0.488 e. The van der Waals surface area contributed by atoms with Crippen molar-refractivity contribution in [3.05, 3.63) is 29.8 Å². The Bertz CT molecular complexity index is 453. The van der Waals surface area contributed by atoms with Gasteiger partial charge in [0.2, 0.25) is 0 Å². The Hall–Kier alpha value is -0.915. The van der Waals surface area contributed by atoms with Gasteiger partial charge < -0.3 is 19.5 Å². The van der Waals surface area contributed by atoms with Crippen LogP contribution in [0.25, 0.3) is 0 Å². The van der Waals surface area contributed by atoms with E-state index in [0.717, 1.165) is 31.5 Å². The molecule has 0 amide bonds. The minimum Gasteiger partial charge on any atom is -0.423 e. The van der Waals surface area contributed by atoms with Gasteiger partial charge in [0.1, 0.15) is 0 Å². The Morgan fingerprint density at radius 2 is 1.68 bits per heavy atom. The van der Waals surface area contributed by atoms with Crippen molar-refractivity contribution >= 4 is 12.6 Å². The monoisotopic (exact) mass is 307 g/mol. The van der Waals surface area contributed by atoms with Crippen LogP contribution in [0.15, 0.2) is 24.3 Å². The van der Waals surface area contributed by atoms with E-state index in [1.54, 1.807) is 6.07 Å². The van der Waals surface area contributed by atoms with Gasteiger partial charge in [0.05, 0.1) is 0 Å². The van der Waals surface area contributed by atoms with Crippen LogP contribution in [0.2, 0.25) is 0 Å². The fourth-order valence-electron chi connectivity index (χ4n) is 3.08. The van der Waals surface area contributed by atoms with E-state index in [9.17, 15) is 10.0 Å². The van der Waals surface area contributed by atoms with Crippen LogP contribution in [-0.2, 0) is 16.0 Å². The lowest BCUT2D eigenvalue weighted by atomic mass is 9.77. The van der Waals surface area contributed by atoms with E-state index >= 15 is 0 Å². The minimum absolute atomic E-state index is 0.448. The van der Waals surface area contributed by atoms with Crippen molar-refractivity contribution in [2.75, 3.05) is 26.3 Å². The molecular weight excluding hydrogens is 281 g/mol. The Labute approximate surface area is 133 Å². The molecule has 0 atom stereocenters. The predicted octanol–water partition coefficient (Wildman–Crippen LogP) is 0.732. The summed E-state index contributed by atoms with van der Waals surface area (Å²) in [6.45, 7) is 7.74. The number of hydrogen-bond acceptors (Lipinski definition) is 5. The lowest BCUT2D eigenvalue weighted by Gasteiger charge is -2.41. The number of rotatable bonds is 7. The zero-order valence-corrected chi connectivity index (χ0v) is 13.5. The van der Waals surface area contributed by atoms with Gasteiger partial charge in [0.25, 0.3) is 0 Å².